The number of nitrogens with zero attached hydrogens (tertiary/aromatic N) is 4. The van der Waals surface area contributed by atoms with E-state index in [1.807, 2.05) is 54.8 Å². The van der Waals surface area contributed by atoms with Crippen LogP contribution in [0.4, 0.5) is 11.5 Å². The highest BCUT2D eigenvalue weighted by Crippen LogP contribution is 2.31. The zero-order chi connectivity index (χ0) is 15.7. The van der Waals surface area contributed by atoms with Gasteiger partial charge in [0, 0.05) is 10.7 Å². The van der Waals surface area contributed by atoms with Gasteiger partial charge in [-0.2, -0.15) is 0 Å². The fourth-order valence-corrected chi connectivity index (χ4v) is 2.56. The molecule has 0 aliphatic rings. The van der Waals surface area contributed by atoms with Gasteiger partial charge in [0.05, 0.1) is 12.8 Å². The Balaban J connectivity index is 2.08. The third kappa shape index (κ3) is 2.74. The van der Waals surface area contributed by atoms with Crippen LogP contribution in [0.25, 0.3) is 5.65 Å². The normalized spacial score (nSPS) is 11.5. The summed E-state index contributed by atoms with van der Waals surface area (Å²) in [7, 11) is 1.63. The highest BCUT2D eigenvalue weighted by molar-refractivity contribution is 9.10. The van der Waals surface area contributed by atoms with Crippen molar-refractivity contribution in [3.05, 3.63) is 52.3 Å². The summed E-state index contributed by atoms with van der Waals surface area (Å²) in [4.78, 5) is 4.48. The molecule has 0 amide bonds. The van der Waals surface area contributed by atoms with Crippen LogP contribution in [0.2, 0.25) is 0 Å². The molecule has 2 heterocycles. The van der Waals surface area contributed by atoms with Gasteiger partial charge < -0.3 is 4.74 Å². The van der Waals surface area contributed by atoms with Crippen molar-refractivity contribution in [1.29, 1.82) is 0 Å². The van der Waals surface area contributed by atoms with E-state index in [-0.39, 0.29) is 0 Å². The molecule has 0 aliphatic heterocycles. The van der Waals surface area contributed by atoms with Crippen LogP contribution < -0.4 is 4.74 Å². The highest BCUT2D eigenvalue weighted by Gasteiger charge is 2.09. The Bertz CT molecular complexity index is 870. The Morgan fingerprint density at radius 3 is 2.73 bits per heavy atom. The van der Waals surface area contributed by atoms with Crippen LogP contribution in [0.5, 0.6) is 5.75 Å². The summed E-state index contributed by atoms with van der Waals surface area (Å²) in [5.41, 5.74) is 3.47. The molecule has 0 bridgehead atoms. The molecule has 0 unspecified atom stereocenters. The summed E-state index contributed by atoms with van der Waals surface area (Å²) in [6.07, 6.45) is 1.93. The van der Waals surface area contributed by atoms with Gasteiger partial charge in [0.2, 0.25) is 0 Å². The van der Waals surface area contributed by atoms with Gasteiger partial charge in [-0.15, -0.1) is 10.2 Å². The van der Waals surface area contributed by atoms with Gasteiger partial charge in [0.15, 0.2) is 5.82 Å². The molecule has 2 aromatic heterocycles. The minimum atomic E-state index is 0.696. The number of imidazole rings is 1. The monoisotopic (exact) mass is 358 g/mol. The van der Waals surface area contributed by atoms with Crippen LogP contribution in [-0.4, -0.2) is 16.5 Å². The number of hydrogen-bond acceptors (Lipinski definition) is 4. The summed E-state index contributed by atoms with van der Waals surface area (Å²) >= 11 is 3.46. The molecule has 6 heteroatoms. The second kappa shape index (κ2) is 5.88. The molecular weight excluding hydrogens is 344 g/mol. The standard InChI is InChI=1S/C16H15BrN4O/c1-10-4-6-14(22-3)13(8-10)19-20-16-11(2)18-15-7-5-12(17)9-21(15)16/h4-9H,1-3H3. The molecule has 0 aliphatic carbocycles. The lowest BCUT2D eigenvalue weighted by molar-refractivity contribution is 0.415. The third-order valence-corrected chi connectivity index (χ3v) is 3.78. The van der Waals surface area contributed by atoms with E-state index in [1.165, 1.54) is 0 Å². The van der Waals surface area contributed by atoms with Crippen molar-refractivity contribution in [2.24, 2.45) is 10.2 Å². The van der Waals surface area contributed by atoms with Crippen molar-refractivity contribution >= 4 is 33.1 Å². The average molecular weight is 359 g/mol. The molecule has 3 aromatic rings. The average Bonchev–Trinajstić information content (AvgIpc) is 2.80. The van der Waals surface area contributed by atoms with E-state index < -0.39 is 0 Å². The van der Waals surface area contributed by atoms with Crippen LogP contribution in [0.3, 0.4) is 0 Å². The van der Waals surface area contributed by atoms with Gasteiger partial charge in [0.1, 0.15) is 17.1 Å². The number of benzene rings is 1. The molecule has 5 nitrogen and oxygen atoms in total. The van der Waals surface area contributed by atoms with E-state index in [9.17, 15) is 0 Å². The molecule has 0 N–H and O–H groups in total. The van der Waals surface area contributed by atoms with Gasteiger partial charge >= 0.3 is 0 Å². The Morgan fingerprint density at radius 2 is 1.95 bits per heavy atom. The van der Waals surface area contributed by atoms with Crippen LogP contribution in [0.1, 0.15) is 11.3 Å². The molecular formula is C16H15BrN4O. The molecule has 0 radical (unpaired) electrons. The van der Waals surface area contributed by atoms with Crippen molar-refractivity contribution in [1.82, 2.24) is 9.38 Å². The molecule has 112 valence electrons. The van der Waals surface area contributed by atoms with E-state index in [1.54, 1.807) is 7.11 Å². The van der Waals surface area contributed by atoms with Crippen molar-refractivity contribution in [3.63, 3.8) is 0 Å². The molecule has 0 spiro atoms. The third-order valence-electron chi connectivity index (χ3n) is 3.31. The SMILES string of the molecule is COc1ccc(C)cc1N=Nc1c(C)nc2ccc(Br)cn12. The number of azo groups is 1. The Morgan fingerprint density at radius 1 is 1.14 bits per heavy atom. The highest BCUT2D eigenvalue weighted by atomic mass is 79.9. The Labute approximate surface area is 136 Å². The van der Waals surface area contributed by atoms with E-state index in [0.29, 0.717) is 17.3 Å². The van der Waals surface area contributed by atoms with Crippen molar-refractivity contribution < 1.29 is 4.74 Å². The van der Waals surface area contributed by atoms with Gasteiger partial charge in [-0.25, -0.2) is 4.98 Å². The summed E-state index contributed by atoms with van der Waals surface area (Å²) in [5, 5.41) is 8.72. The predicted octanol–water partition coefficient (Wildman–Crippen LogP) is 5.14. The Kier molecular flexibility index (Phi) is 3.94. The summed E-state index contributed by atoms with van der Waals surface area (Å²) < 4.78 is 8.19. The second-order valence-electron chi connectivity index (χ2n) is 4.97. The number of aromatic nitrogens is 2. The number of ether oxygens (including phenoxy) is 1. The fourth-order valence-electron chi connectivity index (χ4n) is 2.22. The maximum Gasteiger partial charge on any atom is 0.182 e. The van der Waals surface area contributed by atoms with Gasteiger partial charge in [-0.1, -0.05) is 6.07 Å². The lowest BCUT2D eigenvalue weighted by atomic mass is 10.2. The molecule has 1 aromatic carbocycles. The summed E-state index contributed by atoms with van der Waals surface area (Å²) in [5.74, 6) is 1.40. The lowest BCUT2D eigenvalue weighted by Crippen LogP contribution is -1.85. The van der Waals surface area contributed by atoms with E-state index >= 15 is 0 Å². The van der Waals surface area contributed by atoms with E-state index in [4.69, 9.17) is 4.74 Å². The number of aryl methyl sites for hydroxylation is 2. The maximum absolute atomic E-state index is 5.32. The summed E-state index contributed by atoms with van der Waals surface area (Å²) in [6, 6.07) is 9.70. The Hall–Kier alpha value is -2.21. The molecule has 22 heavy (non-hydrogen) atoms. The molecule has 0 atom stereocenters. The molecule has 0 saturated carbocycles. The minimum absolute atomic E-state index is 0.696. The van der Waals surface area contributed by atoms with Crippen LogP contribution in [-0.2, 0) is 0 Å². The predicted molar refractivity (Wildman–Crippen MR) is 89.5 cm³/mol. The quantitative estimate of drug-likeness (QED) is 0.608. The van der Waals surface area contributed by atoms with Gasteiger partial charge in [0.25, 0.3) is 0 Å². The van der Waals surface area contributed by atoms with Crippen molar-refractivity contribution in [3.8, 4) is 5.75 Å². The van der Waals surface area contributed by atoms with Gasteiger partial charge in [-0.3, -0.25) is 4.40 Å². The first-order valence-electron chi connectivity index (χ1n) is 6.79. The first-order valence-corrected chi connectivity index (χ1v) is 7.58. The van der Waals surface area contributed by atoms with Crippen LogP contribution in [0, 0.1) is 13.8 Å². The van der Waals surface area contributed by atoms with Crippen LogP contribution in [0.15, 0.2) is 51.2 Å². The molecule has 0 saturated heterocycles. The number of fused-ring (bicyclic) bond motifs is 1. The maximum atomic E-state index is 5.32. The molecule has 3 rings (SSSR count). The van der Waals surface area contributed by atoms with Gasteiger partial charge in [-0.05, 0) is 59.6 Å². The number of rotatable bonds is 3. The summed E-state index contributed by atoms with van der Waals surface area (Å²) in [6.45, 7) is 3.93. The number of halogens is 1. The van der Waals surface area contributed by atoms with Crippen molar-refractivity contribution in [2.75, 3.05) is 7.11 Å². The lowest BCUT2D eigenvalue weighted by Gasteiger charge is -2.04. The fraction of sp³-hybridized carbons (Fsp3) is 0.188. The largest absolute Gasteiger partial charge is 0.494 e. The van der Waals surface area contributed by atoms with Crippen LogP contribution >= 0.6 is 15.9 Å². The molecule has 0 fully saturated rings. The number of methoxy groups -OCH3 is 1. The number of pyridine rings is 1. The number of hydrogen-bond donors (Lipinski definition) is 0. The minimum Gasteiger partial charge on any atom is -0.494 e. The smallest absolute Gasteiger partial charge is 0.182 e. The first kappa shape index (κ1) is 14.7. The van der Waals surface area contributed by atoms with E-state index in [2.05, 4.69) is 31.1 Å². The van der Waals surface area contributed by atoms with E-state index in [0.717, 1.165) is 21.4 Å². The van der Waals surface area contributed by atoms with Crippen molar-refractivity contribution in [2.45, 2.75) is 13.8 Å². The zero-order valence-corrected chi connectivity index (χ0v) is 14.1. The second-order valence-corrected chi connectivity index (χ2v) is 5.89. The first-order chi connectivity index (χ1) is 10.6. The topological polar surface area (TPSA) is 51.2 Å². The zero-order valence-electron chi connectivity index (χ0n) is 12.5.